The molecule has 1 heterocycles. The molecule has 15 heavy (non-hydrogen) atoms. The Morgan fingerprint density at radius 3 is 3.13 bits per heavy atom. The number of hydrogen-bond donors (Lipinski definition) is 2. The number of carbonyl (C=O) groups is 1. The Balaban J connectivity index is 2.66. The van der Waals surface area contributed by atoms with Gasteiger partial charge in [-0.15, -0.1) is 11.8 Å². The summed E-state index contributed by atoms with van der Waals surface area (Å²) in [4.78, 5) is 14.8. The zero-order valence-electron chi connectivity index (χ0n) is 8.45. The first kappa shape index (κ1) is 11.1. The second-order valence-corrected chi connectivity index (χ2v) is 2.81. The number of aromatic nitrogens is 1. The lowest BCUT2D eigenvalue weighted by atomic mass is 10.2. The Kier molecular flexibility index (Phi) is 4.17. The maximum absolute atomic E-state index is 10.8. The van der Waals surface area contributed by atoms with Crippen molar-refractivity contribution in [2.45, 2.75) is 13.3 Å². The van der Waals surface area contributed by atoms with Crippen LogP contribution in [0.25, 0.3) is 0 Å². The van der Waals surface area contributed by atoms with Crippen LogP contribution in [0.1, 0.15) is 23.7 Å². The van der Waals surface area contributed by atoms with Crippen LogP contribution in [-0.2, 0) is 0 Å². The number of carboxylic acid groups (broad SMARTS) is 1. The lowest BCUT2D eigenvalue weighted by Gasteiger charge is -2.05. The van der Waals surface area contributed by atoms with Crippen LogP contribution >= 0.6 is 0 Å². The van der Waals surface area contributed by atoms with Crippen LogP contribution in [0.2, 0.25) is 0 Å². The average Bonchev–Trinajstić information content (AvgIpc) is 2.25. The summed E-state index contributed by atoms with van der Waals surface area (Å²) in [5.41, 5.74) is 0.182. The Hall–Kier alpha value is -2.02. The molecule has 1 rings (SSSR count). The van der Waals surface area contributed by atoms with E-state index in [1.54, 1.807) is 19.2 Å². The van der Waals surface area contributed by atoms with E-state index in [4.69, 9.17) is 5.11 Å². The summed E-state index contributed by atoms with van der Waals surface area (Å²) in [6.45, 7) is 2.36. The lowest BCUT2D eigenvalue weighted by Crippen LogP contribution is -2.08. The monoisotopic (exact) mass is 204 g/mol. The summed E-state index contributed by atoms with van der Waals surface area (Å²) in [5.74, 6) is 5.06. The van der Waals surface area contributed by atoms with Crippen LogP contribution in [0.3, 0.4) is 0 Å². The fourth-order valence-electron chi connectivity index (χ4n) is 1.09. The van der Waals surface area contributed by atoms with Crippen molar-refractivity contribution in [2.24, 2.45) is 0 Å². The van der Waals surface area contributed by atoms with Gasteiger partial charge in [0.25, 0.3) is 0 Å². The zero-order valence-corrected chi connectivity index (χ0v) is 8.45. The molecule has 1 aromatic rings. The van der Waals surface area contributed by atoms with Crippen LogP contribution in [0.15, 0.2) is 18.3 Å². The van der Waals surface area contributed by atoms with E-state index in [-0.39, 0.29) is 5.56 Å². The standard InChI is InChI=1S/C11H12N2O2/c1-2-3-4-7-12-10-9(11(14)15)6-5-8-13-10/h5-6,8H,4,7H2,1H3,(H,12,13)(H,14,15). The van der Waals surface area contributed by atoms with Gasteiger partial charge in [0.15, 0.2) is 0 Å². The van der Waals surface area contributed by atoms with Gasteiger partial charge in [-0.05, 0) is 19.1 Å². The lowest BCUT2D eigenvalue weighted by molar-refractivity contribution is 0.0697. The highest BCUT2D eigenvalue weighted by atomic mass is 16.4. The van der Waals surface area contributed by atoms with E-state index in [0.29, 0.717) is 18.8 Å². The molecule has 1 aromatic heterocycles. The number of nitrogens with one attached hydrogen (secondary N) is 1. The van der Waals surface area contributed by atoms with Crippen molar-refractivity contribution in [1.82, 2.24) is 4.98 Å². The number of carboxylic acids is 1. The number of pyridine rings is 1. The molecule has 4 nitrogen and oxygen atoms in total. The summed E-state index contributed by atoms with van der Waals surface area (Å²) >= 11 is 0. The van der Waals surface area contributed by atoms with Crippen molar-refractivity contribution in [3.63, 3.8) is 0 Å². The predicted molar refractivity (Wildman–Crippen MR) is 57.8 cm³/mol. The molecule has 0 unspecified atom stereocenters. The highest BCUT2D eigenvalue weighted by Crippen LogP contribution is 2.10. The van der Waals surface area contributed by atoms with Gasteiger partial charge in [-0.1, -0.05) is 0 Å². The van der Waals surface area contributed by atoms with Crippen LogP contribution in [0, 0.1) is 11.8 Å². The Morgan fingerprint density at radius 2 is 2.47 bits per heavy atom. The molecule has 0 bridgehead atoms. The molecule has 0 atom stereocenters. The molecule has 0 spiro atoms. The van der Waals surface area contributed by atoms with Gasteiger partial charge in [-0.25, -0.2) is 9.78 Å². The molecule has 2 N–H and O–H groups in total. The highest BCUT2D eigenvalue weighted by molar-refractivity contribution is 5.92. The van der Waals surface area contributed by atoms with Gasteiger partial charge in [0, 0.05) is 19.2 Å². The second kappa shape index (κ2) is 5.66. The van der Waals surface area contributed by atoms with Crippen LogP contribution in [0.4, 0.5) is 5.82 Å². The molecule has 0 aromatic carbocycles. The molecular formula is C11H12N2O2. The van der Waals surface area contributed by atoms with Crippen molar-refractivity contribution in [1.29, 1.82) is 0 Å². The minimum atomic E-state index is -0.979. The van der Waals surface area contributed by atoms with Gasteiger partial charge in [-0.2, -0.15) is 0 Å². The average molecular weight is 204 g/mol. The van der Waals surface area contributed by atoms with Crippen molar-refractivity contribution in [3.05, 3.63) is 23.9 Å². The quantitative estimate of drug-likeness (QED) is 0.577. The maximum Gasteiger partial charge on any atom is 0.339 e. The van der Waals surface area contributed by atoms with E-state index in [9.17, 15) is 4.79 Å². The van der Waals surface area contributed by atoms with Crippen molar-refractivity contribution in [2.75, 3.05) is 11.9 Å². The number of anilines is 1. The van der Waals surface area contributed by atoms with Crippen molar-refractivity contribution >= 4 is 11.8 Å². The largest absolute Gasteiger partial charge is 0.478 e. The first-order valence-corrected chi connectivity index (χ1v) is 4.57. The van der Waals surface area contributed by atoms with E-state index >= 15 is 0 Å². The van der Waals surface area contributed by atoms with Gasteiger partial charge < -0.3 is 10.4 Å². The van der Waals surface area contributed by atoms with E-state index in [1.807, 2.05) is 0 Å². The number of nitrogens with zero attached hydrogens (tertiary/aromatic N) is 1. The predicted octanol–water partition coefficient (Wildman–Crippen LogP) is 1.61. The van der Waals surface area contributed by atoms with E-state index in [0.717, 1.165) is 0 Å². The van der Waals surface area contributed by atoms with Gasteiger partial charge in [0.1, 0.15) is 11.4 Å². The number of aromatic carboxylic acids is 1. The number of rotatable bonds is 4. The van der Waals surface area contributed by atoms with Gasteiger partial charge in [0.05, 0.1) is 0 Å². The van der Waals surface area contributed by atoms with Crippen LogP contribution in [0.5, 0.6) is 0 Å². The Labute approximate surface area is 88.3 Å². The molecule has 4 heteroatoms. The third kappa shape index (κ3) is 3.31. The summed E-state index contributed by atoms with van der Waals surface area (Å²) in [6.07, 6.45) is 2.23. The van der Waals surface area contributed by atoms with Crippen molar-refractivity contribution < 1.29 is 9.90 Å². The van der Waals surface area contributed by atoms with E-state index < -0.39 is 5.97 Å². The topological polar surface area (TPSA) is 62.2 Å². The van der Waals surface area contributed by atoms with Crippen LogP contribution < -0.4 is 5.32 Å². The third-order valence-corrected chi connectivity index (χ3v) is 1.76. The van der Waals surface area contributed by atoms with Gasteiger partial charge in [0.2, 0.25) is 0 Å². The first-order chi connectivity index (χ1) is 7.25. The van der Waals surface area contributed by atoms with E-state index in [2.05, 4.69) is 22.1 Å². The Bertz CT molecular complexity index is 405. The van der Waals surface area contributed by atoms with Crippen molar-refractivity contribution in [3.8, 4) is 11.8 Å². The molecule has 0 saturated heterocycles. The summed E-state index contributed by atoms with van der Waals surface area (Å²) in [6, 6.07) is 3.11. The molecule has 0 saturated carbocycles. The molecule has 0 fully saturated rings. The van der Waals surface area contributed by atoms with Gasteiger partial charge in [-0.3, -0.25) is 0 Å². The SMILES string of the molecule is CC#CCCNc1ncccc1C(=O)O. The third-order valence-electron chi connectivity index (χ3n) is 1.76. The summed E-state index contributed by atoms with van der Waals surface area (Å²) in [5, 5.41) is 11.8. The molecule has 0 aliphatic rings. The molecule has 78 valence electrons. The molecular weight excluding hydrogens is 192 g/mol. The molecule has 0 amide bonds. The van der Waals surface area contributed by atoms with E-state index in [1.165, 1.54) is 6.07 Å². The smallest absolute Gasteiger partial charge is 0.339 e. The molecule has 0 aliphatic heterocycles. The molecule has 0 aliphatic carbocycles. The fraction of sp³-hybridized carbons (Fsp3) is 0.273. The fourth-order valence-corrected chi connectivity index (χ4v) is 1.09. The maximum atomic E-state index is 10.8. The molecule has 0 radical (unpaired) electrons. The minimum Gasteiger partial charge on any atom is -0.478 e. The van der Waals surface area contributed by atoms with Gasteiger partial charge >= 0.3 is 5.97 Å². The normalized spacial score (nSPS) is 8.87. The second-order valence-electron chi connectivity index (χ2n) is 2.81. The highest BCUT2D eigenvalue weighted by Gasteiger charge is 2.08. The Morgan fingerprint density at radius 1 is 1.67 bits per heavy atom. The summed E-state index contributed by atoms with van der Waals surface area (Å²) in [7, 11) is 0. The zero-order chi connectivity index (χ0) is 11.1. The number of hydrogen-bond acceptors (Lipinski definition) is 3. The van der Waals surface area contributed by atoms with Crippen LogP contribution in [-0.4, -0.2) is 22.6 Å². The first-order valence-electron chi connectivity index (χ1n) is 4.57. The summed E-state index contributed by atoms with van der Waals surface area (Å²) < 4.78 is 0. The minimum absolute atomic E-state index is 0.182.